The molecule has 1 nitrogen and oxygen atoms in total. The molecule has 1 atom stereocenters. The molecule has 0 aliphatic rings. The molecule has 0 N–H and O–H groups in total. The fraction of sp³-hybridized carbons (Fsp3) is 0.188. The van der Waals surface area contributed by atoms with Gasteiger partial charge in [-0.15, -0.1) is 0 Å². The Hall–Kier alpha value is -2.03. The highest BCUT2D eigenvalue weighted by Crippen LogP contribution is 2.28. The normalized spacial score (nSPS) is 12.2. The Bertz CT molecular complexity index is 603. The summed E-state index contributed by atoms with van der Waals surface area (Å²) < 4.78 is 26.3. The molecule has 19 heavy (non-hydrogen) atoms. The third kappa shape index (κ3) is 2.87. The molecule has 0 spiro atoms. The molecule has 2 aromatic carbocycles. The van der Waals surface area contributed by atoms with Gasteiger partial charge in [-0.3, -0.25) is 4.79 Å². The predicted octanol–water partition coefficient (Wildman–Crippen LogP) is 4.32. The van der Waals surface area contributed by atoms with Crippen LogP contribution in [-0.2, 0) is 0 Å². The predicted molar refractivity (Wildman–Crippen MR) is 70.3 cm³/mol. The quantitative estimate of drug-likeness (QED) is 0.751. The SMILES string of the molecule is CC(=O)c1ccc(F)cc1C(C)c1ccc(F)cc1. The van der Waals surface area contributed by atoms with E-state index in [1.165, 1.54) is 37.3 Å². The van der Waals surface area contributed by atoms with Gasteiger partial charge in [-0.25, -0.2) is 8.78 Å². The van der Waals surface area contributed by atoms with Crippen molar-refractivity contribution >= 4 is 5.78 Å². The molecule has 0 amide bonds. The molecule has 0 saturated carbocycles. The molecule has 1 unspecified atom stereocenters. The molecular formula is C16H14F2O. The van der Waals surface area contributed by atoms with E-state index in [4.69, 9.17) is 0 Å². The highest BCUT2D eigenvalue weighted by atomic mass is 19.1. The van der Waals surface area contributed by atoms with Crippen LogP contribution in [0.25, 0.3) is 0 Å². The van der Waals surface area contributed by atoms with E-state index in [1.54, 1.807) is 12.1 Å². The fourth-order valence-electron chi connectivity index (χ4n) is 2.14. The van der Waals surface area contributed by atoms with Crippen LogP contribution < -0.4 is 0 Å². The number of carbonyl (C=O) groups is 1. The lowest BCUT2D eigenvalue weighted by molar-refractivity contribution is 0.101. The van der Waals surface area contributed by atoms with Crippen LogP contribution in [0.1, 0.15) is 41.3 Å². The number of hydrogen-bond acceptors (Lipinski definition) is 1. The summed E-state index contributed by atoms with van der Waals surface area (Å²) in [6, 6.07) is 10.1. The smallest absolute Gasteiger partial charge is 0.160 e. The van der Waals surface area contributed by atoms with Gasteiger partial charge >= 0.3 is 0 Å². The second-order valence-corrected chi connectivity index (χ2v) is 4.56. The number of hydrogen-bond donors (Lipinski definition) is 0. The summed E-state index contributed by atoms with van der Waals surface area (Å²) in [7, 11) is 0. The van der Waals surface area contributed by atoms with Crippen LogP contribution in [0.15, 0.2) is 42.5 Å². The maximum atomic E-state index is 13.4. The molecule has 2 rings (SSSR count). The van der Waals surface area contributed by atoms with Crippen LogP contribution in [0.5, 0.6) is 0 Å². The third-order valence-electron chi connectivity index (χ3n) is 3.23. The van der Waals surface area contributed by atoms with Crippen molar-refractivity contribution in [3.63, 3.8) is 0 Å². The average Bonchev–Trinajstić information content (AvgIpc) is 2.38. The summed E-state index contributed by atoms with van der Waals surface area (Å²) in [5.41, 5.74) is 1.96. The molecule has 0 radical (unpaired) electrons. The van der Waals surface area contributed by atoms with Crippen molar-refractivity contribution in [3.8, 4) is 0 Å². The Morgan fingerprint density at radius 1 is 1.00 bits per heavy atom. The minimum absolute atomic E-state index is 0.107. The highest BCUT2D eigenvalue weighted by molar-refractivity contribution is 5.95. The number of rotatable bonds is 3. The highest BCUT2D eigenvalue weighted by Gasteiger charge is 2.16. The molecule has 2 aromatic rings. The number of halogens is 2. The lowest BCUT2D eigenvalue weighted by Crippen LogP contribution is -2.05. The minimum atomic E-state index is -0.381. The topological polar surface area (TPSA) is 17.1 Å². The Balaban J connectivity index is 2.48. The van der Waals surface area contributed by atoms with Crippen LogP contribution in [0.2, 0.25) is 0 Å². The molecule has 0 bridgehead atoms. The van der Waals surface area contributed by atoms with Crippen LogP contribution >= 0.6 is 0 Å². The molecule has 0 heterocycles. The van der Waals surface area contributed by atoms with Gasteiger partial charge in [0.15, 0.2) is 5.78 Å². The molecule has 0 fully saturated rings. The first-order valence-corrected chi connectivity index (χ1v) is 6.05. The first-order chi connectivity index (χ1) is 8.99. The average molecular weight is 260 g/mol. The zero-order chi connectivity index (χ0) is 14.0. The van der Waals surface area contributed by atoms with Gasteiger partial charge in [-0.1, -0.05) is 19.1 Å². The summed E-state index contributed by atoms with van der Waals surface area (Å²) in [5, 5.41) is 0. The lowest BCUT2D eigenvalue weighted by atomic mass is 9.88. The van der Waals surface area contributed by atoms with E-state index in [1.807, 2.05) is 6.92 Å². The maximum Gasteiger partial charge on any atom is 0.160 e. The summed E-state index contributed by atoms with van der Waals surface area (Å²) in [6.45, 7) is 3.32. The molecule has 0 aliphatic heterocycles. The first kappa shape index (κ1) is 13.4. The summed E-state index contributed by atoms with van der Waals surface area (Å²) in [5.74, 6) is -0.977. The Labute approximate surface area is 110 Å². The number of benzene rings is 2. The molecule has 0 saturated heterocycles. The second kappa shape index (κ2) is 5.31. The van der Waals surface area contributed by atoms with E-state index in [9.17, 15) is 13.6 Å². The van der Waals surface area contributed by atoms with Crippen LogP contribution in [0.4, 0.5) is 8.78 Å². The molecule has 0 aliphatic carbocycles. The van der Waals surface area contributed by atoms with Gasteiger partial charge in [0.1, 0.15) is 11.6 Å². The number of carbonyl (C=O) groups excluding carboxylic acids is 1. The molecule has 3 heteroatoms. The monoisotopic (exact) mass is 260 g/mol. The zero-order valence-electron chi connectivity index (χ0n) is 10.8. The van der Waals surface area contributed by atoms with E-state index in [0.717, 1.165) is 5.56 Å². The van der Waals surface area contributed by atoms with E-state index in [-0.39, 0.29) is 23.3 Å². The molecular weight excluding hydrogens is 246 g/mol. The van der Waals surface area contributed by atoms with Gasteiger partial charge in [0, 0.05) is 11.5 Å². The molecule has 0 aromatic heterocycles. The second-order valence-electron chi connectivity index (χ2n) is 4.56. The van der Waals surface area contributed by atoms with Crippen LogP contribution in [0.3, 0.4) is 0 Å². The number of ketones is 1. The third-order valence-corrected chi connectivity index (χ3v) is 3.23. The molecule has 98 valence electrons. The summed E-state index contributed by atoms with van der Waals surface area (Å²) in [6.07, 6.45) is 0. The Morgan fingerprint density at radius 3 is 2.16 bits per heavy atom. The summed E-state index contributed by atoms with van der Waals surface area (Å²) in [4.78, 5) is 11.6. The Kier molecular flexibility index (Phi) is 3.74. The summed E-state index contributed by atoms with van der Waals surface area (Å²) >= 11 is 0. The van der Waals surface area contributed by atoms with E-state index >= 15 is 0 Å². The van der Waals surface area contributed by atoms with E-state index < -0.39 is 0 Å². The van der Waals surface area contributed by atoms with Crippen LogP contribution in [0, 0.1) is 11.6 Å². The van der Waals surface area contributed by atoms with Gasteiger partial charge in [0.05, 0.1) is 0 Å². The van der Waals surface area contributed by atoms with Crippen molar-refractivity contribution in [2.45, 2.75) is 19.8 Å². The standard InChI is InChI=1S/C16H14F2O/c1-10(12-3-5-13(17)6-4-12)16-9-14(18)7-8-15(16)11(2)19/h3-10H,1-2H3. The van der Waals surface area contributed by atoms with Gasteiger partial charge < -0.3 is 0 Å². The van der Waals surface area contributed by atoms with Gasteiger partial charge in [0.2, 0.25) is 0 Å². The first-order valence-electron chi connectivity index (χ1n) is 6.05. The van der Waals surface area contributed by atoms with Crippen molar-refractivity contribution in [1.29, 1.82) is 0 Å². The van der Waals surface area contributed by atoms with Crippen LogP contribution in [-0.4, -0.2) is 5.78 Å². The largest absolute Gasteiger partial charge is 0.295 e. The van der Waals surface area contributed by atoms with Gasteiger partial charge in [0.25, 0.3) is 0 Å². The lowest BCUT2D eigenvalue weighted by Gasteiger charge is -2.16. The van der Waals surface area contributed by atoms with Gasteiger partial charge in [-0.2, -0.15) is 0 Å². The fourth-order valence-corrected chi connectivity index (χ4v) is 2.14. The van der Waals surface area contributed by atoms with Crippen molar-refractivity contribution in [2.24, 2.45) is 0 Å². The zero-order valence-corrected chi connectivity index (χ0v) is 10.8. The van der Waals surface area contributed by atoms with Gasteiger partial charge in [-0.05, 0) is 48.4 Å². The Morgan fingerprint density at radius 2 is 1.58 bits per heavy atom. The van der Waals surface area contributed by atoms with Crippen molar-refractivity contribution in [2.75, 3.05) is 0 Å². The van der Waals surface area contributed by atoms with E-state index in [2.05, 4.69) is 0 Å². The van der Waals surface area contributed by atoms with Crippen molar-refractivity contribution < 1.29 is 13.6 Å². The van der Waals surface area contributed by atoms with Crippen molar-refractivity contribution in [1.82, 2.24) is 0 Å². The maximum absolute atomic E-state index is 13.4. The minimum Gasteiger partial charge on any atom is -0.295 e. The number of Topliss-reactive ketones (excluding diaryl/α,β-unsaturated/α-hetero) is 1. The van der Waals surface area contributed by atoms with E-state index in [0.29, 0.717) is 11.1 Å². The van der Waals surface area contributed by atoms with Crippen molar-refractivity contribution in [3.05, 3.63) is 70.8 Å².